The molecule has 0 fully saturated rings. The summed E-state index contributed by atoms with van der Waals surface area (Å²) in [6, 6.07) is 12.2. The fourth-order valence-corrected chi connectivity index (χ4v) is 1.87. The van der Waals surface area contributed by atoms with Crippen LogP contribution in [-0.2, 0) is 9.59 Å². The number of amides is 2. The monoisotopic (exact) mass is 345 g/mol. The molecule has 0 spiro atoms. The molecule has 0 radical (unpaired) electrons. The number of anilines is 1. The van der Waals surface area contributed by atoms with Crippen molar-refractivity contribution in [2.45, 2.75) is 0 Å². The summed E-state index contributed by atoms with van der Waals surface area (Å²) >= 11 is 5.78. The van der Waals surface area contributed by atoms with Crippen LogP contribution in [0.2, 0.25) is 5.02 Å². The van der Waals surface area contributed by atoms with Crippen molar-refractivity contribution < 1.29 is 19.5 Å². The number of nitrogens with one attached hydrogen (secondary N) is 2. The molecule has 122 valence electrons. The van der Waals surface area contributed by atoms with Crippen molar-refractivity contribution >= 4 is 41.3 Å². The van der Waals surface area contributed by atoms with E-state index in [4.69, 9.17) is 16.7 Å². The number of benzene rings is 2. The van der Waals surface area contributed by atoms with E-state index >= 15 is 0 Å². The number of carboxylic acids is 1. The summed E-state index contributed by atoms with van der Waals surface area (Å²) in [4.78, 5) is 34.0. The molecule has 0 bridgehead atoms. The van der Waals surface area contributed by atoms with Gasteiger partial charge in [0.25, 0.3) is 0 Å². The van der Waals surface area contributed by atoms with Crippen LogP contribution in [-0.4, -0.2) is 29.1 Å². The van der Waals surface area contributed by atoms with Gasteiger partial charge in [0.05, 0.1) is 11.8 Å². The third-order valence-corrected chi connectivity index (χ3v) is 3.06. The summed E-state index contributed by atoms with van der Waals surface area (Å²) in [6.45, 7) is 0. The molecular formula is C16H12ClN3O4. The zero-order chi connectivity index (χ0) is 17.5. The minimum atomic E-state index is -1.04. The van der Waals surface area contributed by atoms with Gasteiger partial charge in [0.2, 0.25) is 0 Å². The van der Waals surface area contributed by atoms with E-state index in [1.807, 2.05) is 0 Å². The lowest BCUT2D eigenvalue weighted by Crippen LogP contribution is -2.32. The molecule has 24 heavy (non-hydrogen) atoms. The Balaban J connectivity index is 1.89. The second-order valence-electron chi connectivity index (χ2n) is 4.59. The topological polar surface area (TPSA) is 108 Å². The van der Waals surface area contributed by atoms with Gasteiger partial charge >= 0.3 is 17.8 Å². The van der Waals surface area contributed by atoms with Gasteiger partial charge in [-0.15, -0.1) is 0 Å². The van der Waals surface area contributed by atoms with Gasteiger partial charge in [-0.25, -0.2) is 10.2 Å². The largest absolute Gasteiger partial charge is 0.478 e. The van der Waals surface area contributed by atoms with E-state index in [-0.39, 0.29) is 5.56 Å². The van der Waals surface area contributed by atoms with E-state index in [0.717, 1.165) is 0 Å². The maximum absolute atomic E-state index is 11.7. The van der Waals surface area contributed by atoms with E-state index in [2.05, 4.69) is 15.8 Å². The van der Waals surface area contributed by atoms with E-state index in [1.54, 1.807) is 18.2 Å². The normalized spacial score (nSPS) is 10.4. The summed E-state index contributed by atoms with van der Waals surface area (Å²) in [7, 11) is 0. The highest BCUT2D eigenvalue weighted by Crippen LogP contribution is 2.14. The zero-order valence-electron chi connectivity index (χ0n) is 12.2. The zero-order valence-corrected chi connectivity index (χ0v) is 12.9. The van der Waals surface area contributed by atoms with Crippen molar-refractivity contribution in [2.75, 3.05) is 5.32 Å². The van der Waals surface area contributed by atoms with Crippen LogP contribution in [0.4, 0.5) is 5.69 Å². The van der Waals surface area contributed by atoms with Crippen LogP contribution in [0, 0.1) is 0 Å². The lowest BCUT2D eigenvalue weighted by Gasteiger charge is -2.04. The second kappa shape index (κ2) is 7.89. The van der Waals surface area contributed by atoms with E-state index in [1.165, 1.54) is 36.5 Å². The lowest BCUT2D eigenvalue weighted by molar-refractivity contribution is -0.136. The lowest BCUT2D eigenvalue weighted by atomic mass is 10.1. The molecule has 0 aliphatic heterocycles. The third kappa shape index (κ3) is 4.92. The molecule has 3 N–H and O–H groups in total. The van der Waals surface area contributed by atoms with Crippen LogP contribution in [0.25, 0.3) is 0 Å². The Labute approximate surface area is 141 Å². The summed E-state index contributed by atoms with van der Waals surface area (Å²) < 4.78 is 0. The molecule has 0 aliphatic carbocycles. The second-order valence-corrected chi connectivity index (χ2v) is 5.03. The molecule has 8 heteroatoms. The summed E-state index contributed by atoms with van der Waals surface area (Å²) in [5, 5.41) is 15.2. The van der Waals surface area contributed by atoms with Gasteiger partial charge < -0.3 is 10.4 Å². The van der Waals surface area contributed by atoms with Gasteiger partial charge in [-0.05, 0) is 35.9 Å². The molecule has 0 unspecified atom stereocenters. The highest BCUT2D eigenvalue weighted by Gasteiger charge is 2.12. The molecule has 2 rings (SSSR count). The van der Waals surface area contributed by atoms with Crippen molar-refractivity contribution in [3.63, 3.8) is 0 Å². The maximum atomic E-state index is 11.7. The van der Waals surface area contributed by atoms with Gasteiger partial charge in [-0.1, -0.05) is 29.8 Å². The van der Waals surface area contributed by atoms with Crippen molar-refractivity contribution in [3.8, 4) is 0 Å². The van der Waals surface area contributed by atoms with Crippen LogP contribution >= 0.6 is 11.6 Å². The molecule has 0 saturated heterocycles. The maximum Gasteiger partial charge on any atom is 0.335 e. The summed E-state index contributed by atoms with van der Waals surface area (Å²) in [6.07, 6.45) is 1.29. The number of rotatable bonds is 4. The molecule has 2 aromatic rings. The molecule has 0 heterocycles. The molecule has 7 nitrogen and oxygen atoms in total. The fraction of sp³-hybridized carbons (Fsp3) is 0. The van der Waals surface area contributed by atoms with Crippen molar-refractivity contribution in [1.29, 1.82) is 0 Å². The molecule has 2 aromatic carbocycles. The van der Waals surface area contributed by atoms with Crippen LogP contribution in [0.3, 0.4) is 0 Å². The standard InChI is InChI=1S/C16H12ClN3O4/c17-12-2-1-3-13(8-12)19-14(21)15(22)20-18-9-10-4-6-11(7-5-10)16(23)24/h1-9H,(H,19,21)(H,20,22)(H,23,24)/b18-9-. The number of carbonyl (C=O) groups is 3. The van der Waals surface area contributed by atoms with Gasteiger partial charge in [0.1, 0.15) is 0 Å². The highest BCUT2D eigenvalue weighted by atomic mass is 35.5. The SMILES string of the molecule is O=C(N/N=C\c1ccc(C(=O)O)cc1)C(=O)Nc1cccc(Cl)c1. The average molecular weight is 346 g/mol. The number of aromatic carboxylic acids is 1. The average Bonchev–Trinajstić information content (AvgIpc) is 2.55. The molecule has 2 amide bonds. The summed E-state index contributed by atoms with van der Waals surface area (Å²) in [5.41, 5.74) is 3.16. The quantitative estimate of drug-likeness (QED) is 0.448. The first kappa shape index (κ1) is 17.2. The number of carboxylic acid groups (broad SMARTS) is 1. The van der Waals surface area contributed by atoms with Crippen molar-refractivity contribution in [1.82, 2.24) is 5.43 Å². The number of hydrogen-bond donors (Lipinski definition) is 3. The minimum Gasteiger partial charge on any atom is -0.478 e. The highest BCUT2D eigenvalue weighted by molar-refractivity contribution is 6.39. The van der Waals surface area contributed by atoms with Crippen LogP contribution in [0.5, 0.6) is 0 Å². The molecule has 0 aromatic heterocycles. The predicted molar refractivity (Wildman–Crippen MR) is 89.2 cm³/mol. The predicted octanol–water partition coefficient (Wildman–Crippen LogP) is 2.13. The number of nitrogens with zero attached hydrogens (tertiary/aromatic N) is 1. The molecule has 0 aliphatic rings. The van der Waals surface area contributed by atoms with Crippen molar-refractivity contribution in [3.05, 3.63) is 64.7 Å². The van der Waals surface area contributed by atoms with Crippen molar-refractivity contribution in [2.24, 2.45) is 5.10 Å². The smallest absolute Gasteiger partial charge is 0.335 e. The van der Waals surface area contributed by atoms with E-state index in [0.29, 0.717) is 16.3 Å². The van der Waals surface area contributed by atoms with Gasteiger partial charge in [0.15, 0.2) is 0 Å². The van der Waals surface area contributed by atoms with Gasteiger partial charge in [-0.2, -0.15) is 5.10 Å². The summed E-state index contributed by atoms with van der Waals surface area (Å²) in [5.74, 6) is -2.88. The Bertz CT molecular complexity index is 803. The first-order chi connectivity index (χ1) is 11.5. The Kier molecular flexibility index (Phi) is 5.64. The van der Waals surface area contributed by atoms with Gasteiger partial charge in [-0.3, -0.25) is 9.59 Å². The Morgan fingerprint density at radius 1 is 1.04 bits per heavy atom. The third-order valence-electron chi connectivity index (χ3n) is 2.83. The van der Waals surface area contributed by atoms with E-state index in [9.17, 15) is 14.4 Å². The Hall–Kier alpha value is -3.19. The Morgan fingerprint density at radius 3 is 2.38 bits per heavy atom. The molecule has 0 saturated carbocycles. The molecular weight excluding hydrogens is 334 g/mol. The fourth-order valence-electron chi connectivity index (χ4n) is 1.68. The van der Waals surface area contributed by atoms with Crippen LogP contribution in [0.15, 0.2) is 53.6 Å². The van der Waals surface area contributed by atoms with E-state index < -0.39 is 17.8 Å². The first-order valence-electron chi connectivity index (χ1n) is 6.69. The number of hydrogen-bond acceptors (Lipinski definition) is 4. The molecule has 0 atom stereocenters. The number of hydrazone groups is 1. The first-order valence-corrected chi connectivity index (χ1v) is 7.07. The number of halogens is 1. The van der Waals surface area contributed by atoms with Crippen LogP contribution < -0.4 is 10.7 Å². The van der Waals surface area contributed by atoms with Gasteiger partial charge in [0, 0.05) is 10.7 Å². The van der Waals surface area contributed by atoms with Crippen LogP contribution in [0.1, 0.15) is 15.9 Å². The Morgan fingerprint density at radius 2 is 1.75 bits per heavy atom. The minimum absolute atomic E-state index is 0.136. The number of carbonyl (C=O) groups excluding carboxylic acids is 2.